The van der Waals surface area contributed by atoms with Gasteiger partial charge < -0.3 is 15.4 Å². The van der Waals surface area contributed by atoms with Gasteiger partial charge in [-0.05, 0) is 26.0 Å². The van der Waals surface area contributed by atoms with Crippen LogP contribution in [-0.4, -0.2) is 32.7 Å². The zero-order valence-electron chi connectivity index (χ0n) is 11.3. The molecule has 18 heavy (non-hydrogen) atoms. The Balaban J connectivity index is 2.15. The molecule has 1 heterocycles. The van der Waals surface area contributed by atoms with Crippen LogP contribution in [0.15, 0.2) is 12.1 Å². The first kappa shape index (κ1) is 15.1. The maximum absolute atomic E-state index is 11.4. The third-order valence-corrected chi connectivity index (χ3v) is 3.80. The Kier molecular flexibility index (Phi) is 6.93. The summed E-state index contributed by atoms with van der Waals surface area (Å²) >= 11 is 1.79. The van der Waals surface area contributed by atoms with Gasteiger partial charge in [-0.15, -0.1) is 11.3 Å². The molecule has 0 radical (unpaired) electrons. The van der Waals surface area contributed by atoms with Crippen molar-refractivity contribution in [2.24, 2.45) is 0 Å². The Morgan fingerprint density at radius 2 is 2.22 bits per heavy atom. The van der Waals surface area contributed by atoms with E-state index in [1.54, 1.807) is 18.4 Å². The van der Waals surface area contributed by atoms with E-state index in [-0.39, 0.29) is 5.91 Å². The van der Waals surface area contributed by atoms with E-state index in [4.69, 9.17) is 4.74 Å². The zero-order valence-corrected chi connectivity index (χ0v) is 12.1. The minimum absolute atomic E-state index is 0.0640. The highest BCUT2D eigenvalue weighted by Gasteiger charge is 2.07. The van der Waals surface area contributed by atoms with Gasteiger partial charge in [-0.3, -0.25) is 4.79 Å². The third kappa shape index (κ3) is 5.62. The highest BCUT2D eigenvalue weighted by molar-refractivity contribution is 7.12. The summed E-state index contributed by atoms with van der Waals surface area (Å²) in [5, 5.41) is 6.15. The van der Waals surface area contributed by atoms with Crippen LogP contribution in [-0.2, 0) is 9.53 Å². The van der Waals surface area contributed by atoms with Crippen LogP contribution in [0.3, 0.4) is 0 Å². The minimum Gasteiger partial charge on any atom is -0.383 e. The summed E-state index contributed by atoms with van der Waals surface area (Å²) in [5.41, 5.74) is 0. The first-order chi connectivity index (χ1) is 8.63. The lowest BCUT2D eigenvalue weighted by atomic mass is 10.2. The molecule has 2 N–H and O–H groups in total. The van der Waals surface area contributed by atoms with Crippen LogP contribution in [0.5, 0.6) is 0 Å². The summed E-state index contributed by atoms with van der Waals surface area (Å²) < 4.78 is 4.87. The van der Waals surface area contributed by atoms with Gasteiger partial charge in [0.1, 0.15) is 0 Å². The van der Waals surface area contributed by atoms with Crippen molar-refractivity contribution < 1.29 is 9.53 Å². The van der Waals surface area contributed by atoms with Crippen LogP contribution >= 0.6 is 11.3 Å². The highest BCUT2D eigenvalue weighted by atomic mass is 32.1. The fourth-order valence-corrected chi connectivity index (χ4v) is 2.47. The second-order valence-corrected chi connectivity index (χ2v) is 5.54. The second-order valence-electron chi connectivity index (χ2n) is 4.22. The van der Waals surface area contributed by atoms with Crippen LogP contribution in [0.4, 0.5) is 0 Å². The zero-order chi connectivity index (χ0) is 13.4. The van der Waals surface area contributed by atoms with Gasteiger partial charge in [-0.2, -0.15) is 0 Å². The minimum atomic E-state index is 0.0640. The maximum atomic E-state index is 11.4. The number of nitrogens with one attached hydrogen (secondary N) is 2. The number of aryl methyl sites for hydroxylation is 1. The molecule has 1 aromatic heterocycles. The predicted octanol–water partition coefficient (Wildman–Crippen LogP) is 1.86. The van der Waals surface area contributed by atoms with Crippen molar-refractivity contribution in [3.63, 3.8) is 0 Å². The van der Waals surface area contributed by atoms with Crippen molar-refractivity contribution in [3.8, 4) is 0 Å². The van der Waals surface area contributed by atoms with Gasteiger partial charge in [-0.25, -0.2) is 0 Å². The normalized spacial score (nSPS) is 12.4. The summed E-state index contributed by atoms with van der Waals surface area (Å²) in [6, 6.07) is 4.56. The Labute approximate surface area is 113 Å². The average molecular weight is 270 g/mol. The molecule has 4 nitrogen and oxygen atoms in total. The van der Waals surface area contributed by atoms with Gasteiger partial charge in [0.15, 0.2) is 0 Å². The number of hydrogen-bond acceptors (Lipinski definition) is 4. The van der Waals surface area contributed by atoms with Crippen molar-refractivity contribution in [3.05, 3.63) is 21.9 Å². The molecule has 0 spiro atoms. The molecule has 0 fully saturated rings. The van der Waals surface area contributed by atoms with E-state index < -0.39 is 0 Å². The largest absolute Gasteiger partial charge is 0.383 e. The van der Waals surface area contributed by atoms with Crippen LogP contribution < -0.4 is 10.6 Å². The molecule has 0 bridgehead atoms. The standard InChI is InChI=1S/C13H22N2O2S/c1-10-4-5-12(18-10)11(2)14-7-6-13(16)15-8-9-17-3/h4-5,11,14H,6-9H2,1-3H3,(H,15,16). The topological polar surface area (TPSA) is 50.4 Å². The molecule has 0 aliphatic heterocycles. The number of thiophene rings is 1. The molecule has 1 amide bonds. The molecule has 1 atom stereocenters. The fourth-order valence-electron chi connectivity index (χ4n) is 1.57. The second kappa shape index (κ2) is 8.24. The van der Waals surface area contributed by atoms with E-state index in [1.165, 1.54) is 9.75 Å². The van der Waals surface area contributed by atoms with Gasteiger partial charge in [0.25, 0.3) is 0 Å². The smallest absolute Gasteiger partial charge is 0.221 e. The molecular formula is C13H22N2O2S. The first-order valence-electron chi connectivity index (χ1n) is 6.19. The van der Waals surface area contributed by atoms with E-state index in [1.807, 2.05) is 0 Å². The number of hydrogen-bond donors (Lipinski definition) is 2. The van der Waals surface area contributed by atoms with E-state index in [9.17, 15) is 4.79 Å². The average Bonchev–Trinajstić information content (AvgIpc) is 2.76. The summed E-state index contributed by atoms with van der Waals surface area (Å²) in [4.78, 5) is 14.1. The van der Waals surface area contributed by atoms with Crippen LogP contribution in [0, 0.1) is 6.92 Å². The molecule has 102 valence electrons. The Morgan fingerprint density at radius 3 is 2.83 bits per heavy atom. The number of methoxy groups -OCH3 is 1. The number of rotatable bonds is 8. The van der Waals surface area contributed by atoms with Crippen molar-refractivity contribution in [2.45, 2.75) is 26.3 Å². The van der Waals surface area contributed by atoms with Crippen molar-refractivity contribution >= 4 is 17.2 Å². The molecule has 0 aliphatic carbocycles. The summed E-state index contributed by atoms with van der Waals surface area (Å²) in [7, 11) is 1.62. The molecule has 5 heteroatoms. The van der Waals surface area contributed by atoms with Crippen LogP contribution in [0.2, 0.25) is 0 Å². The molecule has 0 aromatic carbocycles. The summed E-state index contributed by atoms with van der Waals surface area (Å²) in [6.45, 7) is 6.05. The lowest BCUT2D eigenvalue weighted by molar-refractivity contribution is -0.121. The van der Waals surface area contributed by atoms with Gasteiger partial charge in [0.2, 0.25) is 5.91 Å². The maximum Gasteiger partial charge on any atom is 0.221 e. The Hall–Kier alpha value is -0.910. The molecule has 1 aromatic rings. The lowest BCUT2D eigenvalue weighted by Gasteiger charge is -2.11. The predicted molar refractivity (Wildman–Crippen MR) is 75.0 cm³/mol. The molecule has 1 rings (SSSR count). The Morgan fingerprint density at radius 1 is 1.44 bits per heavy atom. The van der Waals surface area contributed by atoms with Crippen molar-refractivity contribution in [1.82, 2.24) is 10.6 Å². The van der Waals surface area contributed by atoms with Gasteiger partial charge >= 0.3 is 0 Å². The molecular weight excluding hydrogens is 248 g/mol. The van der Waals surface area contributed by atoms with Gasteiger partial charge in [0.05, 0.1) is 6.61 Å². The van der Waals surface area contributed by atoms with E-state index in [0.717, 1.165) is 0 Å². The number of ether oxygens (including phenoxy) is 1. The van der Waals surface area contributed by atoms with Gasteiger partial charge in [-0.1, -0.05) is 0 Å². The monoisotopic (exact) mass is 270 g/mol. The summed E-state index contributed by atoms with van der Waals surface area (Å²) in [6.07, 6.45) is 0.498. The molecule has 0 saturated carbocycles. The van der Waals surface area contributed by atoms with Crippen molar-refractivity contribution in [2.75, 3.05) is 26.8 Å². The number of carbonyl (C=O) groups is 1. The lowest BCUT2D eigenvalue weighted by Crippen LogP contribution is -2.30. The fraction of sp³-hybridized carbons (Fsp3) is 0.615. The summed E-state index contributed by atoms with van der Waals surface area (Å²) in [5.74, 6) is 0.0640. The SMILES string of the molecule is COCCNC(=O)CCNC(C)c1ccc(C)s1. The number of amides is 1. The molecule has 0 aliphatic rings. The number of carbonyl (C=O) groups excluding carboxylic acids is 1. The van der Waals surface area contributed by atoms with Crippen LogP contribution in [0.1, 0.15) is 29.1 Å². The van der Waals surface area contributed by atoms with Crippen LogP contribution in [0.25, 0.3) is 0 Å². The Bertz CT molecular complexity index is 366. The molecule has 0 saturated heterocycles. The molecule has 1 unspecified atom stereocenters. The quantitative estimate of drug-likeness (QED) is 0.709. The van der Waals surface area contributed by atoms with E-state index in [0.29, 0.717) is 32.2 Å². The first-order valence-corrected chi connectivity index (χ1v) is 7.00. The highest BCUT2D eigenvalue weighted by Crippen LogP contribution is 2.21. The van der Waals surface area contributed by atoms with E-state index >= 15 is 0 Å². The van der Waals surface area contributed by atoms with Crippen molar-refractivity contribution in [1.29, 1.82) is 0 Å². The third-order valence-electron chi connectivity index (χ3n) is 2.62. The van der Waals surface area contributed by atoms with Gasteiger partial charge in [0, 0.05) is 42.4 Å². The van der Waals surface area contributed by atoms with E-state index in [2.05, 4.69) is 36.6 Å².